The van der Waals surface area contributed by atoms with E-state index >= 15 is 0 Å². The highest BCUT2D eigenvalue weighted by molar-refractivity contribution is 6.27. The van der Waals surface area contributed by atoms with Gasteiger partial charge in [-0.2, -0.15) is 0 Å². The van der Waals surface area contributed by atoms with Crippen molar-refractivity contribution in [2.75, 3.05) is 32.8 Å². The molecule has 1 saturated heterocycles. The molecule has 1 aromatic rings. The van der Waals surface area contributed by atoms with Gasteiger partial charge in [0.25, 0.3) is 0 Å². The number of aliphatic hydroxyl groups excluding tert-OH is 1. The van der Waals surface area contributed by atoms with E-state index in [1.165, 1.54) is 0 Å². The summed E-state index contributed by atoms with van der Waals surface area (Å²) in [6.07, 6.45) is 1.87. The van der Waals surface area contributed by atoms with Crippen molar-refractivity contribution in [2.45, 2.75) is 33.2 Å². The normalized spacial score (nSPS) is 14.8. The molecule has 0 unspecified atom stereocenters. The lowest BCUT2D eigenvalue weighted by atomic mass is 9.94. The predicted molar refractivity (Wildman–Crippen MR) is 108 cm³/mol. The predicted octanol–water partition coefficient (Wildman–Crippen LogP) is 1.53. The average Bonchev–Trinajstić information content (AvgIpc) is 2.68. The molecule has 2 rings (SSSR count). The summed E-state index contributed by atoms with van der Waals surface area (Å²) in [5.74, 6) is -2.67. The summed E-state index contributed by atoms with van der Waals surface area (Å²) in [4.78, 5) is 35.3. The van der Waals surface area contributed by atoms with Crippen LogP contribution in [0.4, 0.5) is 0 Å². The molecule has 1 aliphatic heterocycles. The lowest BCUT2D eigenvalue weighted by Gasteiger charge is -2.35. The van der Waals surface area contributed by atoms with E-state index in [1.54, 1.807) is 0 Å². The van der Waals surface area contributed by atoms with Gasteiger partial charge in [-0.25, -0.2) is 9.59 Å². The summed E-state index contributed by atoms with van der Waals surface area (Å²) in [6.45, 7) is 8.63. The molecule has 1 aliphatic rings. The largest absolute Gasteiger partial charge is 0.473 e. The third kappa shape index (κ3) is 9.54. The van der Waals surface area contributed by atoms with Crippen molar-refractivity contribution in [3.63, 3.8) is 0 Å². The summed E-state index contributed by atoms with van der Waals surface area (Å²) < 4.78 is 0. The minimum atomic E-state index is -1.82. The van der Waals surface area contributed by atoms with Crippen LogP contribution in [-0.4, -0.2) is 75.8 Å². The first-order valence-corrected chi connectivity index (χ1v) is 9.86. The van der Waals surface area contributed by atoms with Crippen molar-refractivity contribution < 1.29 is 29.7 Å². The lowest BCUT2D eigenvalue weighted by molar-refractivity contribution is -0.159. The van der Waals surface area contributed by atoms with Crippen molar-refractivity contribution >= 4 is 17.8 Å². The molecule has 1 aromatic carbocycles. The zero-order chi connectivity index (χ0) is 21.8. The Balaban J connectivity index is 0.000000612. The Bertz CT molecular complexity index is 630. The molecule has 0 aromatic heterocycles. The highest BCUT2D eigenvalue weighted by Gasteiger charge is 2.28. The first-order valence-electron chi connectivity index (χ1n) is 9.86. The van der Waals surface area contributed by atoms with E-state index in [2.05, 4.69) is 18.7 Å². The standard InChI is InChI=1S/C19H30N2O2.C2H2O4/c1-16(2)14-20-10-8-18(9-11-20)19(23)21(12-13-22)15-17-6-4-3-5-7-17;3-1(4)2(5)6/h3-7,16,18,22H,8-15H2,1-2H3;(H,3,4)(H,5,6). The summed E-state index contributed by atoms with van der Waals surface area (Å²) in [6, 6.07) is 10.0. The molecule has 8 heteroatoms. The van der Waals surface area contributed by atoms with Gasteiger partial charge in [-0.1, -0.05) is 44.2 Å². The second-order valence-electron chi connectivity index (χ2n) is 7.55. The molecule has 0 spiro atoms. The maximum absolute atomic E-state index is 12.8. The SMILES string of the molecule is CC(C)CN1CCC(C(=O)N(CCO)Cc2ccccc2)CC1.O=C(O)C(=O)O. The lowest BCUT2D eigenvalue weighted by Crippen LogP contribution is -2.44. The molecule has 8 nitrogen and oxygen atoms in total. The Hall–Kier alpha value is -2.45. The molecule has 0 radical (unpaired) electrons. The van der Waals surface area contributed by atoms with Gasteiger partial charge in [-0.3, -0.25) is 4.79 Å². The maximum atomic E-state index is 12.8. The van der Waals surface area contributed by atoms with Crippen molar-refractivity contribution in [2.24, 2.45) is 11.8 Å². The molecule has 0 aliphatic carbocycles. The molecule has 29 heavy (non-hydrogen) atoms. The average molecular weight is 408 g/mol. The Morgan fingerprint density at radius 3 is 2.07 bits per heavy atom. The maximum Gasteiger partial charge on any atom is 0.414 e. The van der Waals surface area contributed by atoms with Gasteiger partial charge in [0.2, 0.25) is 5.91 Å². The second kappa shape index (κ2) is 12.9. The van der Waals surface area contributed by atoms with Gasteiger partial charge in [0.1, 0.15) is 0 Å². The van der Waals surface area contributed by atoms with E-state index in [0.29, 0.717) is 19.0 Å². The molecule has 162 valence electrons. The number of aliphatic hydroxyl groups is 1. The van der Waals surface area contributed by atoms with Gasteiger partial charge in [0.15, 0.2) is 0 Å². The van der Waals surface area contributed by atoms with Gasteiger partial charge < -0.3 is 25.1 Å². The van der Waals surface area contributed by atoms with Gasteiger partial charge >= 0.3 is 11.9 Å². The molecule has 1 amide bonds. The Morgan fingerprint density at radius 1 is 1.07 bits per heavy atom. The molecular formula is C21H32N2O6. The molecule has 1 heterocycles. The number of hydrogen-bond donors (Lipinski definition) is 3. The summed E-state index contributed by atoms with van der Waals surface area (Å²) in [5.41, 5.74) is 1.12. The first-order chi connectivity index (χ1) is 13.7. The highest BCUT2D eigenvalue weighted by atomic mass is 16.4. The fourth-order valence-corrected chi connectivity index (χ4v) is 3.33. The molecule has 0 saturated carbocycles. The van der Waals surface area contributed by atoms with Crippen LogP contribution >= 0.6 is 0 Å². The van der Waals surface area contributed by atoms with Crippen LogP contribution in [0.2, 0.25) is 0 Å². The van der Waals surface area contributed by atoms with Crippen LogP contribution in [-0.2, 0) is 20.9 Å². The van der Waals surface area contributed by atoms with E-state index in [-0.39, 0.29) is 18.4 Å². The van der Waals surface area contributed by atoms with Crippen molar-refractivity contribution in [3.05, 3.63) is 35.9 Å². The monoisotopic (exact) mass is 408 g/mol. The number of carbonyl (C=O) groups excluding carboxylic acids is 1. The second-order valence-corrected chi connectivity index (χ2v) is 7.55. The van der Waals surface area contributed by atoms with E-state index in [0.717, 1.165) is 38.0 Å². The minimum absolute atomic E-state index is 0.0186. The van der Waals surface area contributed by atoms with Gasteiger partial charge in [-0.05, 0) is 37.4 Å². The topological polar surface area (TPSA) is 118 Å². The Kier molecular flexibility index (Phi) is 10.9. The van der Waals surface area contributed by atoms with Crippen molar-refractivity contribution in [3.8, 4) is 0 Å². The molecule has 3 N–H and O–H groups in total. The number of carboxylic acids is 2. The quantitative estimate of drug-likeness (QED) is 0.586. The molecule has 0 bridgehead atoms. The third-order valence-corrected chi connectivity index (χ3v) is 4.64. The fraction of sp³-hybridized carbons (Fsp3) is 0.571. The number of aliphatic carboxylic acids is 2. The van der Waals surface area contributed by atoms with E-state index in [1.807, 2.05) is 35.2 Å². The van der Waals surface area contributed by atoms with Crippen LogP contribution in [0.1, 0.15) is 32.3 Å². The zero-order valence-corrected chi connectivity index (χ0v) is 17.2. The number of benzene rings is 1. The molecular weight excluding hydrogens is 376 g/mol. The van der Waals surface area contributed by atoms with Crippen LogP contribution in [0.25, 0.3) is 0 Å². The zero-order valence-electron chi connectivity index (χ0n) is 17.2. The fourth-order valence-electron chi connectivity index (χ4n) is 3.33. The highest BCUT2D eigenvalue weighted by Crippen LogP contribution is 2.21. The van der Waals surface area contributed by atoms with E-state index in [4.69, 9.17) is 19.8 Å². The Morgan fingerprint density at radius 2 is 1.62 bits per heavy atom. The number of piperidine rings is 1. The number of rotatable bonds is 7. The summed E-state index contributed by atoms with van der Waals surface area (Å²) >= 11 is 0. The number of hydrogen-bond acceptors (Lipinski definition) is 5. The Labute approximate surface area is 171 Å². The smallest absolute Gasteiger partial charge is 0.414 e. The van der Waals surface area contributed by atoms with Crippen molar-refractivity contribution in [1.29, 1.82) is 0 Å². The van der Waals surface area contributed by atoms with E-state index < -0.39 is 11.9 Å². The number of carboxylic acid groups (broad SMARTS) is 2. The van der Waals surface area contributed by atoms with Crippen LogP contribution in [0.3, 0.4) is 0 Å². The van der Waals surface area contributed by atoms with Crippen molar-refractivity contribution in [1.82, 2.24) is 9.80 Å². The third-order valence-electron chi connectivity index (χ3n) is 4.64. The van der Waals surface area contributed by atoms with E-state index in [9.17, 15) is 9.90 Å². The summed E-state index contributed by atoms with van der Waals surface area (Å²) in [7, 11) is 0. The van der Waals surface area contributed by atoms with Gasteiger partial charge in [0.05, 0.1) is 6.61 Å². The number of amides is 1. The number of nitrogens with zero attached hydrogens (tertiary/aromatic N) is 2. The number of likely N-dealkylation sites (tertiary alicyclic amines) is 1. The van der Waals surface area contributed by atoms with Gasteiger partial charge in [0, 0.05) is 25.6 Å². The first kappa shape index (κ1) is 24.6. The van der Waals surface area contributed by atoms with Gasteiger partial charge in [-0.15, -0.1) is 0 Å². The number of carbonyl (C=O) groups is 3. The van der Waals surface area contributed by atoms with Crippen LogP contribution in [0, 0.1) is 11.8 Å². The van der Waals surface area contributed by atoms with Crippen LogP contribution in [0.5, 0.6) is 0 Å². The van der Waals surface area contributed by atoms with Crippen LogP contribution < -0.4 is 0 Å². The van der Waals surface area contributed by atoms with Crippen LogP contribution in [0.15, 0.2) is 30.3 Å². The molecule has 1 fully saturated rings. The molecule has 0 atom stereocenters. The minimum Gasteiger partial charge on any atom is -0.473 e. The summed E-state index contributed by atoms with van der Waals surface area (Å²) in [5, 5.41) is 24.1.